The Balaban J connectivity index is 3.14. The molecule has 0 aromatic heterocycles. The van der Waals surface area contributed by atoms with Crippen LogP contribution in [0.1, 0.15) is 19.4 Å². The summed E-state index contributed by atoms with van der Waals surface area (Å²) in [6, 6.07) is 6.31. The van der Waals surface area contributed by atoms with Crippen LogP contribution in [0.25, 0.3) is 0 Å². The van der Waals surface area contributed by atoms with E-state index in [1.54, 1.807) is 38.1 Å². The Morgan fingerprint density at radius 1 is 1.32 bits per heavy atom. The molecule has 0 fully saturated rings. The number of nitrogens with zero attached hydrogens (tertiary/aromatic N) is 1. The first-order chi connectivity index (χ1) is 8.72. The first-order valence-electron chi connectivity index (χ1n) is 5.81. The molecule has 1 aromatic carbocycles. The molecule has 0 bridgehead atoms. The molecule has 106 valence electrons. The van der Waals surface area contributed by atoms with Crippen molar-refractivity contribution in [2.75, 3.05) is 10.8 Å². The Hall–Kier alpha value is -1.60. The van der Waals surface area contributed by atoms with Crippen LogP contribution < -0.4 is 9.03 Å². The van der Waals surface area contributed by atoms with Crippen LogP contribution in [-0.4, -0.2) is 32.1 Å². The van der Waals surface area contributed by atoms with Crippen molar-refractivity contribution in [3.05, 3.63) is 29.8 Å². The van der Waals surface area contributed by atoms with E-state index < -0.39 is 22.7 Å². The highest BCUT2D eigenvalue weighted by atomic mass is 32.2. The molecule has 6 nitrogen and oxygen atoms in total. The Bertz CT molecular complexity index is 537. The van der Waals surface area contributed by atoms with E-state index in [0.29, 0.717) is 5.69 Å². The lowest BCUT2D eigenvalue weighted by molar-refractivity contribution is -0.135. The van der Waals surface area contributed by atoms with Crippen LogP contribution in [0.2, 0.25) is 0 Å². The molecule has 0 aliphatic heterocycles. The van der Waals surface area contributed by atoms with Gasteiger partial charge in [-0.3, -0.25) is 4.79 Å². The number of aliphatic carboxylic acids is 1. The minimum Gasteiger partial charge on any atom is -0.480 e. The molecule has 7 heteroatoms. The van der Waals surface area contributed by atoms with Gasteiger partial charge in [-0.15, -0.1) is 0 Å². The van der Waals surface area contributed by atoms with E-state index in [2.05, 4.69) is 4.72 Å². The number of nitrogens with one attached hydrogen (secondary N) is 1. The highest BCUT2D eigenvalue weighted by Gasteiger charge is 2.25. The Labute approximate surface area is 113 Å². The molecule has 0 saturated heterocycles. The third-order valence-corrected chi connectivity index (χ3v) is 3.97. The van der Waals surface area contributed by atoms with Crippen molar-refractivity contribution in [3.8, 4) is 0 Å². The van der Waals surface area contributed by atoms with Crippen LogP contribution in [0, 0.1) is 6.92 Å². The fourth-order valence-electron chi connectivity index (χ4n) is 1.51. The summed E-state index contributed by atoms with van der Waals surface area (Å²) in [5, 5.41) is 8.86. The first kappa shape index (κ1) is 15.5. The fourth-order valence-corrected chi connectivity index (χ4v) is 2.91. The zero-order chi connectivity index (χ0) is 14.6. The van der Waals surface area contributed by atoms with Crippen molar-refractivity contribution in [2.45, 2.75) is 26.8 Å². The SMILES string of the molecule is Cc1ccc(N(CC(=O)O)S(=O)(=O)NC(C)C)cc1. The third kappa shape index (κ3) is 4.53. The van der Waals surface area contributed by atoms with E-state index in [0.717, 1.165) is 9.87 Å². The van der Waals surface area contributed by atoms with Gasteiger partial charge in [0.2, 0.25) is 0 Å². The summed E-state index contributed by atoms with van der Waals surface area (Å²) in [6.07, 6.45) is 0. The maximum atomic E-state index is 12.1. The van der Waals surface area contributed by atoms with E-state index in [4.69, 9.17) is 5.11 Å². The quantitative estimate of drug-likeness (QED) is 0.820. The lowest BCUT2D eigenvalue weighted by atomic mass is 10.2. The zero-order valence-corrected chi connectivity index (χ0v) is 11.9. The van der Waals surface area contributed by atoms with Gasteiger partial charge in [-0.1, -0.05) is 17.7 Å². The molecule has 0 radical (unpaired) electrons. The van der Waals surface area contributed by atoms with E-state index in [1.165, 1.54) is 0 Å². The molecule has 0 unspecified atom stereocenters. The van der Waals surface area contributed by atoms with Gasteiger partial charge in [0.1, 0.15) is 6.54 Å². The van der Waals surface area contributed by atoms with Crippen LogP contribution >= 0.6 is 0 Å². The predicted octanol–water partition coefficient (Wildman–Crippen LogP) is 1.13. The summed E-state index contributed by atoms with van der Waals surface area (Å²) in [5.41, 5.74) is 1.29. The van der Waals surface area contributed by atoms with Gasteiger partial charge in [-0.05, 0) is 32.9 Å². The van der Waals surface area contributed by atoms with Crippen molar-refractivity contribution in [2.24, 2.45) is 0 Å². The molecule has 1 rings (SSSR count). The summed E-state index contributed by atoms with van der Waals surface area (Å²) in [7, 11) is -3.88. The van der Waals surface area contributed by atoms with Gasteiger partial charge in [-0.25, -0.2) is 4.31 Å². The second-order valence-electron chi connectivity index (χ2n) is 4.51. The van der Waals surface area contributed by atoms with Gasteiger partial charge < -0.3 is 5.11 Å². The molecule has 2 N–H and O–H groups in total. The summed E-state index contributed by atoms with van der Waals surface area (Å²) in [5.74, 6) is -1.21. The lowest BCUT2D eigenvalue weighted by Gasteiger charge is -2.24. The summed E-state index contributed by atoms with van der Waals surface area (Å²) >= 11 is 0. The largest absolute Gasteiger partial charge is 0.480 e. The van der Waals surface area contributed by atoms with Crippen LogP contribution in [0.4, 0.5) is 5.69 Å². The molecule has 0 amide bonds. The van der Waals surface area contributed by atoms with Crippen molar-refractivity contribution in [1.82, 2.24) is 4.72 Å². The maximum Gasteiger partial charge on any atom is 0.324 e. The number of carboxylic acid groups (broad SMARTS) is 1. The predicted molar refractivity (Wildman–Crippen MR) is 73.4 cm³/mol. The van der Waals surface area contributed by atoms with Gasteiger partial charge in [0.15, 0.2) is 0 Å². The van der Waals surface area contributed by atoms with Crippen LogP contribution in [-0.2, 0) is 15.0 Å². The number of rotatable bonds is 6. The summed E-state index contributed by atoms with van der Waals surface area (Å²) < 4.78 is 27.4. The van der Waals surface area contributed by atoms with E-state index in [-0.39, 0.29) is 6.04 Å². The maximum absolute atomic E-state index is 12.1. The minimum atomic E-state index is -3.88. The number of anilines is 1. The molecule has 0 spiro atoms. The zero-order valence-electron chi connectivity index (χ0n) is 11.1. The molecule has 0 heterocycles. The van der Waals surface area contributed by atoms with Crippen LogP contribution in [0.15, 0.2) is 24.3 Å². The standard InChI is InChI=1S/C12H18N2O4S/c1-9(2)13-19(17,18)14(8-12(15)16)11-6-4-10(3)5-7-11/h4-7,9,13H,8H2,1-3H3,(H,15,16). The number of benzene rings is 1. The average Bonchev–Trinajstić information content (AvgIpc) is 2.25. The highest BCUT2D eigenvalue weighted by Crippen LogP contribution is 2.18. The molecular formula is C12H18N2O4S. The monoisotopic (exact) mass is 286 g/mol. The Kier molecular flexibility index (Phi) is 4.90. The van der Waals surface area contributed by atoms with Crippen molar-refractivity contribution < 1.29 is 18.3 Å². The molecule has 0 saturated carbocycles. The first-order valence-corrected chi connectivity index (χ1v) is 7.25. The fraction of sp³-hybridized carbons (Fsp3) is 0.417. The van der Waals surface area contributed by atoms with Gasteiger partial charge >= 0.3 is 16.2 Å². The number of hydrogen-bond donors (Lipinski definition) is 2. The number of carboxylic acids is 1. The Morgan fingerprint density at radius 2 is 1.84 bits per heavy atom. The van der Waals surface area contributed by atoms with Crippen molar-refractivity contribution in [3.63, 3.8) is 0 Å². The second-order valence-corrected chi connectivity index (χ2v) is 6.14. The normalized spacial score (nSPS) is 11.6. The van der Waals surface area contributed by atoms with Crippen molar-refractivity contribution in [1.29, 1.82) is 0 Å². The molecule has 19 heavy (non-hydrogen) atoms. The van der Waals surface area contributed by atoms with E-state index in [9.17, 15) is 13.2 Å². The second kappa shape index (κ2) is 6.03. The van der Waals surface area contributed by atoms with Gasteiger partial charge in [0.25, 0.3) is 0 Å². The minimum absolute atomic E-state index is 0.313. The van der Waals surface area contributed by atoms with Crippen molar-refractivity contribution >= 4 is 21.9 Å². The highest BCUT2D eigenvalue weighted by molar-refractivity contribution is 7.90. The van der Waals surface area contributed by atoms with Gasteiger partial charge in [-0.2, -0.15) is 13.1 Å². The summed E-state index contributed by atoms with van der Waals surface area (Å²) in [6.45, 7) is 4.59. The molecule has 0 aliphatic carbocycles. The molecule has 0 aliphatic rings. The smallest absolute Gasteiger partial charge is 0.324 e. The van der Waals surface area contributed by atoms with Gasteiger partial charge in [0, 0.05) is 6.04 Å². The topological polar surface area (TPSA) is 86.7 Å². The van der Waals surface area contributed by atoms with Crippen LogP contribution in [0.3, 0.4) is 0 Å². The number of hydrogen-bond acceptors (Lipinski definition) is 3. The summed E-state index contributed by atoms with van der Waals surface area (Å²) in [4.78, 5) is 10.8. The third-order valence-electron chi connectivity index (χ3n) is 2.28. The number of carbonyl (C=O) groups is 1. The van der Waals surface area contributed by atoms with Crippen LogP contribution in [0.5, 0.6) is 0 Å². The molecular weight excluding hydrogens is 268 g/mol. The van der Waals surface area contributed by atoms with Gasteiger partial charge in [0.05, 0.1) is 5.69 Å². The van der Waals surface area contributed by atoms with E-state index in [1.807, 2.05) is 6.92 Å². The van der Waals surface area contributed by atoms with E-state index >= 15 is 0 Å². The Morgan fingerprint density at radius 3 is 2.26 bits per heavy atom. The molecule has 0 atom stereocenters. The number of aryl methyl sites for hydroxylation is 1. The lowest BCUT2D eigenvalue weighted by Crippen LogP contribution is -2.46. The average molecular weight is 286 g/mol. The molecule has 1 aromatic rings.